The van der Waals surface area contributed by atoms with E-state index in [2.05, 4.69) is 23.9 Å². The van der Waals surface area contributed by atoms with Crippen molar-refractivity contribution in [2.24, 2.45) is 5.92 Å². The third kappa shape index (κ3) is 5.61. The van der Waals surface area contributed by atoms with Crippen LogP contribution in [0.25, 0.3) is 0 Å². The van der Waals surface area contributed by atoms with Gasteiger partial charge in [0.2, 0.25) is 10.0 Å². The van der Waals surface area contributed by atoms with E-state index in [1.165, 1.54) is 0 Å². The first-order valence-corrected chi connectivity index (χ1v) is 8.43. The van der Waals surface area contributed by atoms with E-state index in [0.29, 0.717) is 17.4 Å². The van der Waals surface area contributed by atoms with Crippen LogP contribution in [0.1, 0.15) is 40.2 Å². The van der Waals surface area contributed by atoms with Crippen molar-refractivity contribution in [3.8, 4) is 0 Å². The molecule has 0 radical (unpaired) electrons. The smallest absolute Gasteiger partial charge is 0.241 e. The van der Waals surface area contributed by atoms with Gasteiger partial charge in [-0.15, -0.1) is 0 Å². The van der Waals surface area contributed by atoms with Crippen molar-refractivity contribution in [2.45, 2.75) is 51.6 Å². The molecule has 0 aliphatic carbocycles. The highest BCUT2D eigenvalue weighted by Gasteiger charge is 2.23. The van der Waals surface area contributed by atoms with Gasteiger partial charge in [0.25, 0.3) is 0 Å². The van der Waals surface area contributed by atoms with Crippen LogP contribution >= 0.6 is 0 Å². The van der Waals surface area contributed by atoms with E-state index in [1.807, 2.05) is 32.9 Å². The van der Waals surface area contributed by atoms with E-state index in [-0.39, 0.29) is 0 Å². The molecule has 2 N–H and O–H groups in total. The van der Waals surface area contributed by atoms with Gasteiger partial charge < -0.3 is 5.32 Å². The Morgan fingerprint density at radius 1 is 1.15 bits per heavy atom. The lowest BCUT2D eigenvalue weighted by molar-refractivity contribution is 0.490. The molecular formula is C15H26N2O2S. The second-order valence-electron chi connectivity index (χ2n) is 6.49. The van der Waals surface area contributed by atoms with Crippen molar-refractivity contribution in [3.05, 3.63) is 29.8 Å². The van der Waals surface area contributed by atoms with Crippen molar-refractivity contribution in [2.75, 3.05) is 6.54 Å². The number of rotatable bonds is 6. The molecule has 0 spiro atoms. The molecule has 0 saturated heterocycles. The molecule has 4 nitrogen and oxygen atoms in total. The molecular weight excluding hydrogens is 272 g/mol. The van der Waals surface area contributed by atoms with E-state index in [9.17, 15) is 8.42 Å². The molecule has 20 heavy (non-hydrogen) atoms. The largest absolute Gasteiger partial charge is 0.312 e. The summed E-state index contributed by atoms with van der Waals surface area (Å²) >= 11 is 0. The first-order chi connectivity index (χ1) is 9.12. The third-order valence-electron chi connectivity index (χ3n) is 2.57. The Kier molecular flexibility index (Phi) is 5.74. The minimum atomic E-state index is -3.49. The summed E-state index contributed by atoms with van der Waals surface area (Å²) in [4.78, 5) is 0.353. The van der Waals surface area contributed by atoms with Crippen LogP contribution < -0.4 is 10.0 Å². The zero-order valence-electron chi connectivity index (χ0n) is 13.0. The minimum absolute atomic E-state index is 0.353. The van der Waals surface area contributed by atoms with Crippen molar-refractivity contribution < 1.29 is 8.42 Å². The highest BCUT2D eigenvalue weighted by atomic mass is 32.2. The summed E-state index contributed by atoms with van der Waals surface area (Å²) in [5, 5.41) is 3.28. The Morgan fingerprint density at radius 3 is 2.30 bits per heavy atom. The zero-order chi connectivity index (χ0) is 15.4. The standard InChI is InChI=1S/C15H26N2O2S/c1-12(2)10-16-11-13-8-6-7-9-14(13)20(18,19)17-15(3,4)5/h6-9,12,16-17H,10-11H2,1-5H3. The van der Waals surface area contributed by atoms with Crippen molar-refractivity contribution in [1.29, 1.82) is 0 Å². The topological polar surface area (TPSA) is 58.2 Å². The number of sulfonamides is 1. The molecule has 0 aromatic heterocycles. The maximum absolute atomic E-state index is 12.4. The molecule has 0 heterocycles. The fourth-order valence-electron chi connectivity index (χ4n) is 1.87. The first-order valence-electron chi connectivity index (χ1n) is 6.94. The number of hydrogen-bond acceptors (Lipinski definition) is 3. The Morgan fingerprint density at radius 2 is 1.75 bits per heavy atom. The average molecular weight is 298 g/mol. The van der Waals surface area contributed by atoms with Crippen LogP contribution in [0.3, 0.4) is 0 Å². The molecule has 1 rings (SSSR count). The highest BCUT2D eigenvalue weighted by Crippen LogP contribution is 2.17. The zero-order valence-corrected chi connectivity index (χ0v) is 13.8. The highest BCUT2D eigenvalue weighted by molar-refractivity contribution is 7.89. The quantitative estimate of drug-likeness (QED) is 0.848. The molecule has 114 valence electrons. The number of nitrogens with one attached hydrogen (secondary N) is 2. The molecule has 5 heteroatoms. The summed E-state index contributed by atoms with van der Waals surface area (Å²) in [6.45, 7) is 11.2. The van der Waals surface area contributed by atoms with Gasteiger partial charge in [-0.05, 0) is 44.9 Å². The van der Waals surface area contributed by atoms with E-state index >= 15 is 0 Å². The van der Waals surface area contributed by atoms with E-state index in [0.717, 1.165) is 12.1 Å². The van der Waals surface area contributed by atoms with E-state index in [4.69, 9.17) is 0 Å². The molecule has 0 aliphatic rings. The predicted molar refractivity (Wildman–Crippen MR) is 83.1 cm³/mol. The lowest BCUT2D eigenvalue weighted by Gasteiger charge is -2.21. The summed E-state index contributed by atoms with van der Waals surface area (Å²) in [5.74, 6) is 0.534. The lowest BCUT2D eigenvalue weighted by Crippen LogP contribution is -2.41. The van der Waals surface area contributed by atoms with Gasteiger partial charge in [-0.1, -0.05) is 32.0 Å². The average Bonchev–Trinajstić information content (AvgIpc) is 2.25. The van der Waals surface area contributed by atoms with Crippen molar-refractivity contribution in [1.82, 2.24) is 10.0 Å². The van der Waals surface area contributed by atoms with Crippen LogP contribution in [0.5, 0.6) is 0 Å². The summed E-state index contributed by atoms with van der Waals surface area (Å²) in [6, 6.07) is 7.12. The Bertz CT molecular complexity index is 531. The van der Waals surface area contributed by atoms with Crippen LogP contribution in [0.15, 0.2) is 29.2 Å². The second kappa shape index (κ2) is 6.70. The first kappa shape index (κ1) is 17.1. The van der Waals surface area contributed by atoms with Crippen LogP contribution in [-0.2, 0) is 16.6 Å². The van der Waals surface area contributed by atoms with Gasteiger partial charge >= 0.3 is 0 Å². The second-order valence-corrected chi connectivity index (χ2v) is 8.14. The molecule has 0 atom stereocenters. The van der Waals surface area contributed by atoms with Gasteiger partial charge in [0.05, 0.1) is 4.90 Å². The van der Waals surface area contributed by atoms with Gasteiger partial charge in [-0.2, -0.15) is 0 Å². The Labute approximate surface area is 123 Å². The molecule has 1 aromatic carbocycles. The minimum Gasteiger partial charge on any atom is -0.312 e. The molecule has 0 amide bonds. The van der Waals surface area contributed by atoms with Crippen LogP contribution in [0, 0.1) is 5.92 Å². The fraction of sp³-hybridized carbons (Fsp3) is 0.600. The number of hydrogen-bond donors (Lipinski definition) is 2. The van der Waals surface area contributed by atoms with Crippen LogP contribution in [0.4, 0.5) is 0 Å². The van der Waals surface area contributed by atoms with Crippen molar-refractivity contribution >= 4 is 10.0 Å². The summed E-state index contributed by atoms with van der Waals surface area (Å²) in [7, 11) is -3.49. The molecule has 1 aromatic rings. The van der Waals surface area contributed by atoms with Crippen molar-refractivity contribution in [3.63, 3.8) is 0 Å². The lowest BCUT2D eigenvalue weighted by atomic mass is 10.1. The van der Waals surface area contributed by atoms with Gasteiger partial charge in [0, 0.05) is 12.1 Å². The molecule has 0 unspecified atom stereocenters. The van der Waals surface area contributed by atoms with Crippen LogP contribution in [0.2, 0.25) is 0 Å². The van der Waals surface area contributed by atoms with Gasteiger partial charge in [0.1, 0.15) is 0 Å². The molecule has 0 fully saturated rings. The third-order valence-corrected chi connectivity index (χ3v) is 4.43. The Balaban J connectivity index is 2.95. The summed E-state index contributed by atoms with van der Waals surface area (Å²) in [6.07, 6.45) is 0. The number of benzene rings is 1. The normalized spacial score (nSPS) is 12.9. The predicted octanol–water partition coefficient (Wildman–Crippen LogP) is 2.51. The Hall–Kier alpha value is -0.910. The van der Waals surface area contributed by atoms with E-state index in [1.54, 1.807) is 12.1 Å². The maximum Gasteiger partial charge on any atom is 0.241 e. The van der Waals surface area contributed by atoms with Gasteiger partial charge in [-0.3, -0.25) is 0 Å². The summed E-state index contributed by atoms with van der Waals surface area (Å²) in [5.41, 5.74) is 0.307. The fourth-order valence-corrected chi connectivity index (χ4v) is 3.52. The van der Waals surface area contributed by atoms with Gasteiger partial charge in [-0.25, -0.2) is 13.1 Å². The SMILES string of the molecule is CC(C)CNCc1ccccc1S(=O)(=O)NC(C)(C)C. The maximum atomic E-state index is 12.4. The molecule has 0 aliphatic heterocycles. The molecule has 0 saturated carbocycles. The van der Waals surface area contributed by atoms with E-state index < -0.39 is 15.6 Å². The van der Waals surface area contributed by atoms with Crippen LogP contribution in [-0.4, -0.2) is 20.5 Å². The summed E-state index contributed by atoms with van der Waals surface area (Å²) < 4.78 is 27.5. The molecule has 0 bridgehead atoms. The van der Waals surface area contributed by atoms with Gasteiger partial charge in [0.15, 0.2) is 0 Å². The monoisotopic (exact) mass is 298 g/mol.